The van der Waals surface area contributed by atoms with Gasteiger partial charge in [-0.05, 0) is 20.8 Å². The van der Waals surface area contributed by atoms with Crippen LogP contribution in [0.25, 0.3) is 0 Å². The summed E-state index contributed by atoms with van der Waals surface area (Å²) < 4.78 is 5.18. The monoisotopic (exact) mass is 170 g/mol. The molecule has 2 nitrogen and oxygen atoms in total. The van der Waals surface area contributed by atoms with E-state index in [1.165, 1.54) is 0 Å². The van der Waals surface area contributed by atoms with Gasteiger partial charge in [0.15, 0.2) is 0 Å². The highest BCUT2D eigenvalue weighted by molar-refractivity contribution is 4.97. The van der Waals surface area contributed by atoms with Crippen LogP contribution in [0.1, 0.15) is 33.6 Å². The Bertz CT molecular complexity index is 174. The molecule has 0 aromatic heterocycles. The molecule has 0 aromatic rings. The molecule has 0 spiro atoms. The largest absolute Gasteiger partial charge is 0.392 e. The lowest BCUT2D eigenvalue weighted by Gasteiger charge is -2.24. The first kappa shape index (κ1) is 11.5. The standard InChI is InChI=1S/C10H18O2/c1-5-6-7-9(11)8-10(2,3)12-4/h9,11H,7-8H2,1-4H3. The predicted octanol–water partition coefficient (Wildman–Crippen LogP) is 1.58. The molecule has 0 fully saturated rings. The van der Waals surface area contributed by atoms with Gasteiger partial charge in [0.2, 0.25) is 0 Å². The van der Waals surface area contributed by atoms with E-state index >= 15 is 0 Å². The van der Waals surface area contributed by atoms with Gasteiger partial charge in [-0.1, -0.05) is 0 Å². The number of ether oxygens (including phenoxy) is 1. The van der Waals surface area contributed by atoms with Crippen LogP contribution in [-0.4, -0.2) is 23.9 Å². The van der Waals surface area contributed by atoms with Crippen LogP contribution in [0.15, 0.2) is 0 Å². The molecule has 1 unspecified atom stereocenters. The molecule has 70 valence electrons. The molecule has 1 atom stereocenters. The van der Waals surface area contributed by atoms with Crippen molar-refractivity contribution in [1.82, 2.24) is 0 Å². The maximum absolute atomic E-state index is 9.46. The van der Waals surface area contributed by atoms with Crippen LogP contribution in [0.2, 0.25) is 0 Å². The molecular weight excluding hydrogens is 152 g/mol. The topological polar surface area (TPSA) is 29.5 Å². The van der Waals surface area contributed by atoms with E-state index < -0.39 is 0 Å². The molecule has 0 radical (unpaired) electrons. The highest BCUT2D eigenvalue weighted by atomic mass is 16.5. The maximum Gasteiger partial charge on any atom is 0.0676 e. The van der Waals surface area contributed by atoms with Gasteiger partial charge in [0.1, 0.15) is 0 Å². The summed E-state index contributed by atoms with van der Waals surface area (Å²) >= 11 is 0. The van der Waals surface area contributed by atoms with Crippen molar-refractivity contribution in [3.8, 4) is 11.8 Å². The summed E-state index contributed by atoms with van der Waals surface area (Å²) in [5.41, 5.74) is -0.255. The molecule has 0 aliphatic rings. The molecule has 0 heterocycles. The number of aliphatic hydroxyl groups excluding tert-OH is 1. The Morgan fingerprint density at radius 2 is 2.08 bits per heavy atom. The van der Waals surface area contributed by atoms with E-state index in [2.05, 4.69) is 11.8 Å². The number of rotatable bonds is 4. The van der Waals surface area contributed by atoms with Crippen molar-refractivity contribution in [2.45, 2.75) is 45.3 Å². The summed E-state index contributed by atoms with van der Waals surface area (Å²) in [5, 5.41) is 9.46. The second-order valence-corrected chi connectivity index (χ2v) is 3.45. The second kappa shape index (κ2) is 5.18. The number of methoxy groups -OCH3 is 1. The van der Waals surface area contributed by atoms with Gasteiger partial charge >= 0.3 is 0 Å². The highest BCUT2D eigenvalue weighted by Gasteiger charge is 2.20. The Balaban J connectivity index is 3.80. The molecule has 0 bridgehead atoms. The molecule has 0 amide bonds. The van der Waals surface area contributed by atoms with Crippen LogP contribution in [0, 0.1) is 11.8 Å². The summed E-state index contributed by atoms with van der Waals surface area (Å²) in [6, 6.07) is 0. The van der Waals surface area contributed by atoms with E-state index in [9.17, 15) is 5.11 Å². The minimum Gasteiger partial charge on any atom is -0.392 e. The molecule has 0 saturated carbocycles. The van der Waals surface area contributed by atoms with E-state index in [1.807, 2.05) is 13.8 Å². The van der Waals surface area contributed by atoms with Crippen LogP contribution in [0.5, 0.6) is 0 Å². The highest BCUT2D eigenvalue weighted by Crippen LogP contribution is 2.16. The quantitative estimate of drug-likeness (QED) is 0.649. The Morgan fingerprint density at radius 3 is 2.50 bits per heavy atom. The van der Waals surface area contributed by atoms with Gasteiger partial charge in [-0.15, -0.1) is 11.8 Å². The van der Waals surface area contributed by atoms with Gasteiger partial charge < -0.3 is 9.84 Å². The Hall–Kier alpha value is -0.520. The number of aliphatic hydroxyl groups is 1. The zero-order valence-corrected chi connectivity index (χ0v) is 8.35. The van der Waals surface area contributed by atoms with Gasteiger partial charge in [-0.25, -0.2) is 0 Å². The molecule has 0 aromatic carbocycles. The zero-order chi connectivity index (χ0) is 9.61. The SMILES string of the molecule is CC#CCC(O)CC(C)(C)OC. The molecule has 0 aliphatic heterocycles. The summed E-state index contributed by atoms with van der Waals surface area (Å²) in [5.74, 6) is 5.59. The lowest BCUT2D eigenvalue weighted by atomic mass is 9.99. The summed E-state index contributed by atoms with van der Waals surface area (Å²) in [7, 11) is 1.65. The van der Waals surface area contributed by atoms with Gasteiger partial charge in [0, 0.05) is 20.0 Å². The van der Waals surface area contributed by atoms with Gasteiger partial charge in [0.05, 0.1) is 11.7 Å². The molecule has 1 N–H and O–H groups in total. The zero-order valence-electron chi connectivity index (χ0n) is 8.35. The van der Waals surface area contributed by atoms with Crippen LogP contribution < -0.4 is 0 Å². The first-order valence-corrected chi connectivity index (χ1v) is 4.14. The van der Waals surface area contributed by atoms with Crippen LogP contribution >= 0.6 is 0 Å². The fourth-order valence-corrected chi connectivity index (χ4v) is 0.943. The maximum atomic E-state index is 9.46. The molecule has 0 saturated heterocycles. The van der Waals surface area contributed by atoms with Crippen molar-refractivity contribution in [1.29, 1.82) is 0 Å². The van der Waals surface area contributed by atoms with E-state index in [4.69, 9.17) is 4.74 Å². The minimum absolute atomic E-state index is 0.255. The predicted molar refractivity (Wildman–Crippen MR) is 49.8 cm³/mol. The fraction of sp³-hybridized carbons (Fsp3) is 0.800. The third kappa shape index (κ3) is 5.17. The van der Waals surface area contributed by atoms with Crippen LogP contribution in [-0.2, 0) is 4.74 Å². The van der Waals surface area contributed by atoms with Crippen LogP contribution in [0.3, 0.4) is 0 Å². The van der Waals surface area contributed by atoms with E-state index in [0.717, 1.165) is 0 Å². The van der Waals surface area contributed by atoms with Crippen molar-refractivity contribution < 1.29 is 9.84 Å². The summed E-state index contributed by atoms with van der Waals surface area (Å²) in [4.78, 5) is 0. The minimum atomic E-state index is -0.382. The summed E-state index contributed by atoms with van der Waals surface area (Å²) in [6.45, 7) is 5.68. The third-order valence-electron chi connectivity index (χ3n) is 1.79. The van der Waals surface area contributed by atoms with Gasteiger partial charge in [-0.2, -0.15) is 0 Å². The number of hydrogen-bond acceptors (Lipinski definition) is 2. The van der Waals surface area contributed by atoms with Gasteiger partial charge in [-0.3, -0.25) is 0 Å². The molecular formula is C10H18O2. The fourth-order valence-electron chi connectivity index (χ4n) is 0.943. The first-order valence-electron chi connectivity index (χ1n) is 4.14. The van der Waals surface area contributed by atoms with Crippen molar-refractivity contribution in [2.75, 3.05) is 7.11 Å². The molecule has 2 heteroatoms. The van der Waals surface area contributed by atoms with Gasteiger partial charge in [0.25, 0.3) is 0 Å². The lowest BCUT2D eigenvalue weighted by Crippen LogP contribution is -2.28. The van der Waals surface area contributed by atoms with E-state index in [0.29, 0.717) is 12.8 Å². The average Bonchev–Trinajstić information content (AvgIpc) is 2.00. The Morgan fingerprint density at radius 1 is 1.50 bits per heavy atom. The van der Waals surface area contributed by atoms with E-state index in [1.54, 1.807) is 14.0 Å². The normalized spacial score (nSPS) is 13.4. The Labute approximate surface area is 74.9 Å². The summed E-state index contributed by atoms with van der Waals surface area (Å²) in [6.07, 6.45) is 0.772. The average molecular weight is 170 g/mol. The molecule has 0 aliphatic carbocycles. The second-order valence-electron chi connectivity index (χ2n) is 3.45. The lowest BCUT2D eigenvalue weighted by molar-refractivity contribution is -0.0180. The van der Waals surface area contributed by atoms with Crippen molar-refractivity contribution in [3.05, 3.63) is 0 Å². The molecule has 0 rings (SSSR count). The van der Waals surface area contributed by atoms with Crippen molar-refractivity contribution >= 4 is 0 Å². The van der Waals surface area contributed by atoms with E-state index in [-0.39, 0.29) is 11.7 Å². The number of hydrogen-bond donors (Lipinski definition) is 1. The van der Waals surface area contributed by atoms with Crippen molar-refractivity contribution in [3.63, 3.8) is 0 Å². The van der Waals surface area contributed by atoms with Crippen molar-refractivity contribution in [2.24, 2.45) is 0 Å². The van der Waals surface area contributed by atoms with Crippen LogP contribution in [0.4, 0.5) is 0 Å². The Kier molecular flexibility index (Phi) is 4.96. The molecule has 12 heavy (non-hydrogen) atoms. The smallest absolute Gasteiger partial charge is 0.0676 e. The first-order chi connectivity index (χ1) is 5.52. The third-order valence-corrected chi connectivity index (χ3v) is 1.79.